The molecule has 0 amide bonds. The third-order valence-electron chi connectivity index (χ3n) is 3.90. The second-order valence-electron chi connectivity index (χ2n) is 5.56. The molecule has 1 saturated heterocycles. The molecule has 7 heteroatoms. The van der Waals surface area contributed by atoms with Crippen LogP contribution in [-0.4, -0.2) is 55.0 Å². The van der Waals surface area contributed by atoms with E-state index < -0.39 is 0 Å². The quantitative estimate of drug-likeness (QED) is 0.429. The lowest BCUT2D eigenvalue weighted by molar-refractivity contribution is 0.174. The molecule has 0 spiro atoms. The summed E-state index contributed by atoms with van der Waals surface area (Å²) < 4.78 is 10.7. The van der Waals surface area contributed by atoms with Crippen molar-refractivity contribution < 1.29 is 14.6 Å². The minimum absolute atomic E-state index is 0. The number of aliphatic imine (C=N–C) groups is 1. The van der Waals surface area contributed by atoms with Gasteiger partial charge in [0, 0.05) is 26.2 Å². The molecule has 2 heterocycles. The van der Waals surface area contributed by atoms with Gasteiger partial charge in [0.25, 0.3) is 0 Å². The van der Waals surface area contributed by atoms with E-state index in [-0.39, 0.29) is 30.1 Å². The van der Waals surface area contributed by atoms with Crippen molar-refractivity contribution in [1.29, 1.82) is 0 Å². The number of nitrogens with one attached hydrogen (secondary N) is 1. The molecule has 1 aromatic rings. The van der Waals surface area contributed by atoms with E-state index in [0.717, 1.165) is 43.4 Å². The van der Waals surface area contributed by atoms with Crippen LogP contribution >= 0.6 is 24.0 Å². The van der Waals surface area contributed by atoms with E-state index >= 15 is 0 Å². The molecule has 23 heavy (non-hydrogen) atoms. The minimum atomic E-state index is -0.238. The number of nitrogens with zero attached hydrogens (tertiary/aromatic N) is 2. The summed E-state index contributed by atoms with van der Waals surface area (Å²) in [5.41, 5.74) is 1.19. The first-order chi connectivity index (χ1) is 10.8. The topological polar surface area (TPSA) is 66.3 Å². The first kappa shape index (κ1) is 18.1. The predicted molar refractivity (Wildman–Crippen MR) is 99.9 cm³/mol. The summed E-state index contributed by atoms with van der Waals surface area (Å²) in [4.78, 5) is 6.79. The summed E-state index contributed by atoms with van der Waals surface area (Å²) >= 11 is 0. The molecule has 0 aliphatic carbocycles. The van der Waals surface area contributed by atoms with E-state index in [4.69, 9.17) is 9.47 Å². The number of guanidine groups is 1. The summed E-state index contributed by atoms with van der Waals surface area (Å²) in [5, 5.41) is 13.0. The van der Waals surface area contributed by atoms with Gasteiger partial charge in [-0.15, -0.1) is 24.0 Å². The van der Waals surface area contributed by atoms with Crippen molar-refractivity contribution in [3.8, 4) is 11.5 Å². The molecule has 2 N–H and O–H groups in total. The monoisotopic (exact) mass is 433 g/mol. The Labute approximate surface area is 153 Å². The van der Waals surface area contributed by atoms with Crippen molar-refractivity contribution in [3.63, 3.8) is 0 Å². The Hall–Kier alpha value is -1.22. The number of halogens is 1. The highest BCUT2D eigenvalue weighted by atomic mass is 127. The van der Waals surface area contributed by atoms with Crippen molar-refractivity contribution in [2.45, 2.75) is 25.9 Å². The lowest BCUT2D eigenvalue weighted by Crippen LogP contribution is -2.40. The molecule has 2 aliphatic rings. The number of aliphatic hydroxyl groups excluding tert-OH is 1. The first-order valence-electron chi connectivity index (χ1n) is 7.86. The van der Waals surface area contributed by atoms with Crippen molar-refractivity contribution >= 4 is 29.9 Å². The van der Waals surface area contributed by atoms with E-state index in [2.05, 4.69) is 28.2 Å². The number of ether oxygens (including phenoxy) is 2. The lowest BCUT2D eigenvalue weighted by atomic mass is 10.1. The molecule has 1 fully saturated rings. The third kappa shape index (κ3) is 4.63. The van der Waals surface area contributed by atoms with Crippen LogP contribution < -0.4 is 14.8 Å². The van der Waals surface area contributed by atoms with E-state index in [1.807, 2.05) is 12.1 Å². The van der Waals surface area contributed by atoms with Crippen LogP contribution in [0.1, 0.15) is 18.9 Å². The minimum Gasteiger partial charge on any atom is -0.454 e. The van der Waals surface area contributed by atoms with Gasteiger partial charge >= 0.3 is 0 Å². The molecule has 0 saturated carbocycles. The highest BCUT2D eigenvalue weighted by Crippen LogP contribution is 2.32. The van der Waals surface area contributed by atoms with Crippen LogP contribution in [0.2, 0.25) is 0 Å². The van der Waals surface area contributed by atoms with Gasteiger partial charge in [0.15, 0.2) is 17.5 Å². The van der Waals surface area contributed by atoms with Crippen LogP contribution in [0, 0.1) is 0 Å². The summed E-state index contributed by atoms with van der Waals surface area (Å²) in [6.45, 7) is 5.41. The zero-order valence-corrected chi connectivity index (χ0v) is 15.7. The summed E-state index contributed by atoms with van der Waals surface area (Å²) in [6, 6.07) is 6.02. The molecule has 0 aromatic heterocycles. The largest absolute Gasteiger partial charge is 0.454 e. The van der Waals surface area contributed by atoms with E-state index in [1.54, 1.807) is 0 Å². The smallest absolute Gasteiger partial charge is 0.231 e. The van der Waals surface area contributed by atoms with Crippen LogP contribution in [0.4, 0.5) is 0 Å². The molecule has 3 rings (SSSR count). The highest BCUT2D eigenvalue weighted by Gasteiger charge is 2.22. The molecule has 128 valence electrons. The second kappa shape index (κ2) is 8.58. The van der Waals surface area contributed by atoms with Crippen LogP contribution in [0.25, 0.3) is 0 Å². The molecular weight excluding hydrogens is 409 g/mol. The van der Waals surface area contributed by atoms with Crippen molar-refractivity contribution in [2.24, 2.45) is 4.99 Å². The van der Waals surface area contributed by atoms with Gasteiger partial charge in [-0.05, 0) is 37.5 Å². The number of β-amino-alcohol motifs (C(OH)–C–C–N with tert-alkyl or cyclic N) is 1. The number of hydrogen-bond acceptors (Lipinski definition) is 4. The van der Waals surface area contributed by atoms with E-state index in [0.29, 0.717) is 19.9 Å². The normalized spacial score (nSPS) is 19.7. The van der Waals surface area contributed by atoms with Crippen molar-refractivity contribution in [3.05, 3.63) is 23.8 Å². The number of aliphatic hydroxyl groups is 1. The van der Waals surface area contributed by atoms with E-state index in [1.165, 1.54) is 5.56 Å². The fourth-order valence-electron chi connectivity index (χ4n) is 2.75. The number of benzene rings is 1. The van der Waals surface area contributed by atoms with Gasteiger partial charge in [-0.3, -0.25) is 4.99 Å². The summed E-state index contributed by atoms with van der Waals surface area (Å²) in [6.07, 6.45) is 1.42. The van der Waals surface area contributed by atoms with Crippen LogP contribution in [-0.2, 0) is 6.42 Å². The maximum Gasteiger partial charge on any atom is 0.231 e. The molecule has 1 aromatic carbocycles. The molecular formula is C16H24IN3O3. The Bertz CT molecular complexity index is 553. The molecule has 0 unspecified atom stereocenters. The molecule has 2 aliphatic heterocycles. The Morgan fingerprint density at radius 3 is 2.96 bits per heavy atom. The Balaban J connectivity index is 0.00000192. The highest BCUT2D eigenvalue weighted by molar-refractivity contribution is 14.0. The average molecular weight is 433 g/mol. The lowest BCUT2D eigenvalue weighted by Gasteiger charge is -2.20. The predicted octanol–water partition coefficient (Wildman–Crippen LogP) is 1.61. The number of fused-ring (bicyclic) bond motifs is 1. The van der Waals surface area contributed by atoms with Gasteiger partial charge in [-0.1, -0.05) is 6.07 Å². The van der Waals surface area contributed by atoms with Gasteiger partial charge in [-0.2, -0.15) is 0 Å². The molecule has 1 atom stereocenters. The van der Waals surface area contributed by atoms with Gasteiger partial charge < -0.3 is 24.8 Å². The van der Waals surface area contributed by atoms with Gasteiger partial charge in [0.1, 0.15) is 0 Å². The molecule has 0 radical (unpaired) electrons. The Kier molecular flexibility index (Phi) is 6.76. The maximum atomic E-state index is 9.66. The maximum absolute atomic E-state index is 9.66. The van der Waals surface area contributed by atoms with E-state index in [9.17, 15) is 5.11 Å². The number of rotatable bonds is 4. The fourth-order valence-corrected chi connectivity index (χ4v) is 2.75. The number of hydrogen-bond donors (Lipinski definition) is 2. The summed E-state index contributed by atoms with van der Waals surface area (Å²) in [5.74, 6) is 2.52. The first-order valence-corrected chi connectivity index (χ1v) is 7.86. The number of likely N-dealkylation sites (tertiary alicyclic amines) is 1. The third-order valence-corrected chi connectivity index (χ3v) is 3.90. The van der Waals surface area contributed by atoms with Gasteiger partial charge in [0.2, 0.25) is 6.79 Å². The van der Waals surface area contributed by atoms with Crippen molar-refractivity contribution in [1.82, 2.24) is 10.2 Å². The van der Waals surface area contributed by atoms with Crippen LogP contribution in [0.15, 0.2) is 23.2 Å². The zero-order chi connectivity index (χ0) is 15.4. The van der Waals surface area contributed by atoms with Gasteiger partial charge in [-0.25, -0.2) is 0 Å². The zero-order valence-electron chi connectivity index (χ0n) is 13.3. The summed E-state index contributed by atoms with van der Waals surface area (Å²) in [7, 11) is 0. The molecule has 6 nitrogen and oxygen atoms in total. The standard InChI is InChI=1S/C16H23N3O3.HI/c1-2-17-16(19-8-6-13(20)10-19)18-7-5-12-3-4-14-15(9-12)22-11-21-14;/h3-4,9,13,20H,2,5-8,10-11H2,1H3,(H,17,18);1H/t13-;/m1./s1. The Morgan fingerprint density at radius 1 is 1.39 bits per heavy atom. The SMILES string of the molecule is CCNC(=NCCc1ccc2c(c1)OCO2)N1CC[C@@H](O)C1.I. The Morgan fingerprint density at radius 2 is 2.22 bits per heavy atom. The van der Waals surface area contributed by atoms with Crippen LogP contribution in [0.5, 0.6) is 11.5 Å². The van der Waals surface area contributed by atoms with Crippen molar-refractivity contribution in [2.75, 3.05) is 33.0 Å². The average Bonchev–Trinajstić information content (AvgIpc) is 3.14. The molecule has 0 bridgehead atoms. The van der Waals surface area contributed by atoms with Gasteiger partial charge in [0.05, 0.1) is 6.10 Å². The fraction of sp³-hybridized carbons (Fsp3) is 0.562. The second-order valence-corrected chi connectivity index (χ2v) is 5.56. The van der Waals surface area contributed by atoms with Crippen LogP contribution in [0.3, 0.4) is 0 Å².